The van der Waals surface area contributed by atoms with Gasteiger partial charge in [0, 0.05) is 23.2 Å². The third-order valence-corrected chi connectivity index (χ3v) is 6.85. The highest BCUT2D eigenvalue weighted by molar-refractivity contribution is 7.89. The van der Waals surface area contributed by atoms with Crippen LogP contribution in [0.2, 0.25) is 0 Å². The van der Waals surface area contributed by atoms with Crippen molar-refractivity contribution in [2.24, 2.45) is 5.14 Å². The predicted molar refractivity (Wildman–Crippen MR) is 122 cm³/mol. The van der Waals surface area contributed by atoms with E-state index in [2.05, 4.69) is 0 Å². The van der Waals surface area contributed by atoms with Crippen molar-refractivity contribution < 1.29 is 27.7 Å². The van der Waals surface area contributed by atoms with Gasteiger partial charge < -0.3 is 4.90 Å². The number of nitro groups is 1. The number of carbonyl (C=O) groups is 3. The van der Waals surface area contributed by atoms with Crippen molar-refractivity contribution >= 4 is 39.1 Å². The number of sulfonamides is 1. The monoisotopic (exact) mass is 488 g/mol. The number of amides is 3. The van der Waals surface area contributed by atoms with Crippen molar-refractivity contribution in [3.63, 3.8) is 0 Å². The zero-order chi connectivity index (χ0) is 25.4. The molecule has 0 spiro atoms. The van der Waals surface area contributed by atoms with Crippen LogP contribution in [0.5, 0.6) is 0 Å². The van der Waals surface area contributed by atoms with E-state index >= 15 is 0 Å². The summed E-state index contributed by atoms with van der Waals surface area (Å²) in [5.74, 6) is -1.73. The highest BCUT2D eigenvalue weighted by Gasteiger charge is 2.48. The van der Waals surface area contributed by atoms with Gasteiger partial charge >= 0.3 is 0 Å². The van der Waals surface area contributed by atoms with E-state index in [0.29, 0.717) is 6.42 Å². The maximum atomic E-state index is 13.5. The number of hydrogen-bond donors (Lipinski definition) is 1. The van der Waals surface area contributed by atoms with Gasteiger partial charge in [0.05, 0.1) is 21.9 Å². The lowest BCUT2D eigenvalue weighted by atomic mass is 9.94. The van der Waals surface area contributed by atoms with E-state index in [1.165, 1.54) is 53.4 Å². The molecule has 34 heavy (non-hydrogen) atoms. The summed E-state index contributed by atoms with van der Waals surface area (Å²) in [6.07, 6.45) is 0.199. The lowest BCUT2D eigenvalue weighted by Crippen LogP contribution is -2.55. The molecule has 2 N–H and O–H groups in total. The van der Waals surface area contributed by atoms with Crippen LogP contribution in [0.4, 0.5) is 11.4 Å². The van der Waals surface area contributed by atoms with Gasteiger partial charge in [0.15, 0.2) is 0 Å². The van der Waals surface area contributed by atoms with Gasteiger partial charge in [0.25, 0.3) is 17.5 Å². The van der Waals surface area contributed by atoms with Crippen molar-refractivity contribution in [2.75, 3.05) is 4.90 Å². The van der Waals surface area contributed by atoms with Crippen LogP contribution in [0, 0.1) is 10.1 Å². The lowest BCUT2D eigenvalue weighted by Gasteiger charge is -2.41. The number of hydrogen-bond acceptors (Lipinski definition) is 7. The number of primary sulfonamides is 1. The third kappa shape index (κ3) is 4.68. The van der Waals surface area contributed by atoms with Crippen LogP contribution in [0.15, 0.2) is 53.4 Å². The Balaban J connectivity index is 1.98. The Labute approximate surface area is 196 Å². The van der Waals surface area contributed by atoms with Crippen molar-refractivity contribution in [3.8, 4) is 0 Å². The van der Waals surface area contributed by atoms with Crippen LogP contribution in [-0.4, -0.2) is 47.5 Å². The fourth-order valence-electron chi connectivity index (χ4n) is 3.75. The number of rotatable bonds is 7. The van der Waals surface area contributed by atoms with Crippen LogP contribution in [0.1, 0.15) is 44.0 Å². The van der Waals surface area contributed by atoms with E-state index in [9.17, 15) is 32.9 Å². The van der Waals surface area contributed by atoms with Gasteiger partial charge in [-0.2, -0.15) is 0 Å². The van der Waals surface area contributed by atoms with Crippen molar-refractivity contribution in [2.45, 2.75) is 50.1 Å². The molecule has 180 valence electrons. The molecule has 1 unspecified atom stereocenters. The second-order valence-electron chi connectivity index (χ2n) is 8.47. The number of benzene rings is 2. The standard InChI is InChI=1S/C22H24N4O7S/c1-4-22(2,3)25(20(28)14-5-7-16(8-6-14)26(30)31)18-13-19(27)24(21(18)29)15-9-11-17(12-10-15)34(23,32)33/h5-12,18H,4,13H2,1-3H3,(H2,23,32,33). The maximum Gasteiger partial charge on any atom is 0.269 e. The minimum atomic E-state index is -3.95. The smallest absolute Gasteiger partial charge is 0.269 e. The summed E-state index contributed by atoms with van der Waals surface area (Å²) < 4.78 is 23.0. The summed E-state index contributed by atoms with van der Waals surface area (Å²) in [7, 11) is -3.95. The molecule has 1 saturated heterocycles. The van der Waals surface area contributed by atoms with Crippen LogP contribution in [0.25, 0.3) is 0 Å². The molecule has 2 aromatic rings. The second-order valence-corrected chi connectivity index (χ2v) is 10.0. The first-order valence-corrected chi connectivity index (χ1v) is 11.9. The molecule has 1 fully saturated rings. The lowest BCUT2D eigenvalue weighted by molar-refractivity contribution is -0.384. The van der Waals surface area contributed by atoms with E-state index in [4.69, 9.17) is 5.14 Å². The highest BCUT2D eigenvalue weighted by atomic mass is 32.2. The third-order valence-electron chi connectivity index (χ3n) is 5.92. The van der Waals surface area contributed by atoms with E-state index < -0.39 is 44.2 Å². The van der Waals surface area contributed by atoms with Gasteiger partial charge in [-0.1, -0.05) is 6.92 Å². The van der Waals surface area contributed by atoms with Crippen LogP contribution in [0.3, 0.4) is 0 Å². The van der Waals surface area contributed by atoms with Gasteiger partial charge in [-0.25, -0.2) is 18.5 Å². The number of carbonyl (C=O) groups excluding carboxylic acids is 3. The molecule has 1 heterocycles. The molecule has 2 aromatic carbocycles. The Morgan fingerprint density at radius 2 is 1.71 bits per heavy atom. The molecule has 1 atom stereocenters. The minimum absolute atomic E-state index is 0.142. The SMILES string of the molecule is CCC(C)(C)N(C(=O)c1ccc([N+](=O)[O-])cc1)C1CC(=O)N(c2ccc(S(N)(=O)=O)cc2)C1=O. The minimum Gasteiger partial charge on any atom is -0.321 e. The average Bonchev–Trinajstić information content (AvgIpc) is 3.06. The van der Waals surface area contributed by atoms with Gasteiger partial charge in [-0.05, 0) is 56.7 Å². The van der Waals surface area contributed by atoms with Gasteiger partial charge in [-0.15, -0.1) is 0 Å². The molecular weight excluding hydrogens is 464 g/mol. The molecule has 0 bridgehead atoms. The van der Waals surface area contributed by atoms with E-state index in [1.54, 1.807) is 13.8 Å². The Bertz CT molecular complexity index is 1260. The summed E-state index contributed by atoms with van der Waals surface area (Å²) in [4.78, 5) is 52.1. The van der Waals surface area contributed by atoms with E-state index in [0.717, 1.165) is 4.90 Å². The van der Waals surface area contributed by atoms with Crippen molar-refractivity contribution in [1.82, 2.24) is 4.90 Å². The summed E-state index contributed by atoms with van der Waals surface area (Å²) in [6.45, 7) is 5.36. The average molecular weight is 489 g/mol. The number of nitrogens with two attached hydrogens (primary N) is 1. The molecule has 11 nitrogen and oxygen atoms in total. The number of nitro benzene ring substituents is 1. The normalized spacial score (nSPS) is 16.6. The van der Waals surface area contributed by atoms with Crippen LogP contribution in [-0.2, 0) is 19.6 Å². The summed E-state index contributed by atoms with van der Waals surface area (Å²) in [5, 5.41) is 16.0. The quantitative estimate of drug-likeness (QED) is 0.355. The predicted octanol–water partition coefficient (Wildman–Crippen LogP) is 2.21. The summed E-state index contributed by atoms with van der Waals surface area (Å²) in [5.41, 5.74) is -0.711. The topological polar surface area (TPSA) is 161 Å². The van der Waals surface area contributed by atoms with Crippen LogP contribution >= 0.6 is 0 Å². The van der Waals surface area contributed by atoms with Crippen molar-refractivity contribution in [1.29, 1.82) is 0 Å². The number of anilines is 1. The maximum absolute atomic E-state index is 13.5. The molecule has 0 aliphatic carbocycles. The number of nitrogens with zero attached hydrogens (tertiary/aromatic N) is 3. The van der Waals surface area contributed by atoms with Gasteiger partial charge in [0.2, 0.25) is 15.9 Å². The fraction of sp³-hybridized carbons (Fsp3) is 0.318. The molecule has 1 aliphatic heterocycles. The summed E-state index contributed by atoms with van der Waals surface area (Å²) >= 11 is 0. The first-order valence-electron chi connectivity index (χ1n) is 10.4. The Morgan fingerprint density at radius 3 is 2.18 bits per heavy atom. The molecule has 1 aliphatic rings. The zero-order valence-corrected chi connectivity index (χ0v) is 19.6. The van der Waals surface area contributed by atoms with Gasteiger partial charge in [-0.3, -0.25) is 24.5 Å². The summed E-state index contributed by atoms with van der Waals surface area (Å²) in [6, 6.07) is 8.88. The Morgan fingerprint density at radius 1 is 1.15 bits per heavy atom. The number of non-ortho nitro benzene ring substituents is 1. The first-order chi connectivity index (χ1) is 15.8. The molecule has 12 heteroatoms. The van der Waals surface area contributed by atoms with E-state index in [1.807, 2.05) is 6.92 Å². The zero-order valence-electron chi connectivity index (χ0n) is 18.8. The first kappa shape index (κ1) is 25.0. The molecule has 0 radical (unpaired) electrons. The Hall–Kier alpha value is -3.64. The second kappa shape index (κ2) is 8.95. The molecule has 0 aromatic heterocycles. The molecule has 3 rings (SSSR count). The van der Waals surface area contributed by atoms with E-state index in [-0.39, 0.29) is 28.3 Å². The molecule has 0 saturated carbocycles. The van der Waals surface area contributed by atoms with Gasteiger partial charge in [0.1, 0.15) is 6.04 Å². The highest BCUT2D eigenvalue weighted by Crippen LogP contribution is 2.33. The largest absolute Gasteiger partial charge is 0.321 e. The molecule has 3 amide bonds. The Kier molecular flexibility index (Phi) is 6.58. The van der Waals surface area contributed by atoms with Crippen LogP contribution < -0.4 is 10.0 Å². The number of imide groups is 1. The fourth-order valence-corrected chi connectivity index (χ4v) is 4.26. The molecular formula is C22H24N4O7S. The van der Waals surface area contributed by atoms with Crippen molar-refractivity contribution in [3.05, 3.63) is 64.2 Å².